The van der Waals surface area contributed by atoms with Gasteiger partial charge in [-0.05, 0) is 5.41 Å². The average molecular weight is 170 g/mol. The van der Waals surface area contributed by atoms with Crippen molar-refractivity contribution in [3.8, 4) is 0 Å². The minimum atomic E-state index is -0.383. The lowest BCUT2D eigenvalue weighted by Crippen LogP contribution is -2.26. The zero-order chi connectivity index (χ0) is 9.35. The van der Waals surface area contributed by atoms with Crippen molar-refractivity contribution in [2.24, 2.45) is 11.3 Å². The zero-order valence-corrected chi connectivity index (χ0v) is 7.72. The Bertz CT molecular complexity index is 218. The molecule has 0 bridgehead atoms. The molecule has 0 aromatic carbocycles. The minimum absolute atomic E-state index is 0.122. The Hall–Kier alpha value is -0.860. The molecule has 0 N–H and O–H groups in total. The topological polar surface area (TPSA) is 43.4 Å². The van der Waals surface area contributed by atoms with Gasteiger partial charge in [-0.1, -0.05) is 27.2 Å². The number of hydrogen-bond donors (Lipinski definition) is 0. The van der Waals surface area contributed by atoms with Gasteiger partial charge in [-0.3, -0.25) is 9.59 Å². The summed E-state index contributed by atoms with van der Waals surface area (Å²) in [5, 5.41) is 0. The van der Waals surface area contributed by atoms with Crippen LogP contribution in [0.5, 0.6) is 0 Å². The molecule has 1 unspecified atom stereocenters. The van der Waals surface area contributed by atoms with Crippen molar-refractivity contribution < 1.29 is 14.3 Å². The van der Waals surface area contributed by atoms with Gasteiger partial charge >= 0.3 is 11.9 Å². The summed E-state index contributed by atoms with van der Waals surface area (Å²) in [6.07, 6.45) is 1.12. The van der Waals surface area contributed by atoms with Crippen LogP contribution in [0.25, 0.3) is 0 Å². The summed E-state index contributed by atoms with van der Waals surface area (Å²) in [5.74, 6) is -0.978. The number of hydrogen-bond acceptors (Lipinski definition) is 3. The number of rotatable bonds is 2. The van der Waals surface area contributed by atoms with Crippen molar-refractivity contribution in [2.45, 2.75) is 33.6 Å². The summed E-state index contributed by atoms with van der Waals surface area (Å²) in [6, 6.07) is 0. The van der Waals surface area contributed by atoms with E-state index in [2.05, 4.69) is 4.74 Å². The maximum Gasteiger partial charge on any atom is 0.317 e. The van der Waals surface area contributed by atoms with Crippen LogP contribution < -0.4 is 0 Å². The predicted octanol–water partition coefficient (Wildman–Crippen LogP) is 1.51. The van der Waals surface area contributed by atoms with Crippen LogP contribution in [0.1, 0.15) is 33.6 Å². The molecule has 1 aliphatic rings. The van der Waals surface area contributed by atoms with E-state index < -0.39 is 0 Å². The van der Waals surface area contributed by atoms with Gasteiger partial charge in [0.1, 0.15) is 0 Å². The van der Waals surface area contributed by atoms with Crippen molar-refractivity contribution in [3.05, 3.63) is 0 Å². The third-order valence-corrected chi connectivity index (χ3v) is 2.72. The van der Waals surface area contributed by atoms with E-state index in [1.807, 2.05) is 20.8 Å². The van der Waals surface area contributed by atoms with E-state index in [4.69, 9.17) is 0 Å². The molecule has 0 aromatic rings. The van der Waals surface area contributed by atoms with E-state index in [1.165, 1.54) is 0 Å². The summed E-state index contributed by atoms with van der Waals surface area (Å²) >= 11 is 0. The molecule has 0 aromatic heterocycles. The molecule has 3 heteroatoms. The third-order valence-electron chi connectivity index (χ3n) is 2.72. The van der Waals surface area contributed by atoms with Crippen molar-refractivity contribution in [1.29, 1.82) is 0 Å². The van der Waals surface area contributed by atoms with Gasteiger partial charge in [-0.2, -0.15) is 0 Å². The molecule has 0 aliphatic carbocycles. The molecule has 0 spiro atoms. The molecule has 12 heavy (non-hydrogen) atoms. The van der Waals surface area contributed by atoms with Crippen LogP contribution in [0.2, 0.25) is 0 Å². The number of cyclic esters (lactones) is 2. The maximum absolute atomic E-state index is 11.1. The molecule has 3 nitrogen and oxygen atoms in total. The molecule has 1 atom stereocenters. The average Bonchev–Trinajstić information content (AvgIpc) is 2.31. The molecule has 0 radical (unpaired) electrons. The summed E-state index contributed by atoms with van der Waals surface area (Å²) in [7, 11) is 0. The highest BCUT2D eigenvalue weighted by atomic mass is 16.6. The van der Waals surface area contributed by atoms with Crippen LogP contribution in [-0.4, -0.2) is 11.9 Å². The lowest BCUT2D eigenvalue weighted by atomic mass is 9.76. The highest BCUT2D eigenvalue weighted by molar-refractivity contribution is 5.95. The van der Waals surface area contributed by atoms with E-state index >= 15 is 0 Å². The van der Waals surface area contributed by atoms with E-state index in [9.17, 15) is 9.59 Å². The lowest BCUT2D eigenvalue weighted by Gasteiger charge is -2.26. The molecule has 1 fully saturated rings. The van der Waals surface area contributed by atoms with Crippen molar-refractivity contribution >= 4 is 11.9 Å². The first-order valence-corrected chi connectivity index (χ1v) is 4.22. The Kier molecular flexibility index (Phi) is 2.22. The van der Waals surface area contributed by atoms with E-state index in [1.54, 1.807) is 0 Å². The smallest absolute Gasteiger partial charge is 0.317 e. The Labute approximate surface area is 72.1 Å². The number of esters is 2. The van der Waals surface area contributed by atoms with Gasteiger partial charge in [-0.25, -0.2) is 0 Å². The van der Waals surface area contributed by atoms with E-state index in [0.717, 1.165) is 6.42 Å². The molecular formula is C9H14O3. The van der Waals surface area contributed by atoms with Gasteiger partial charge in [-0.15, -0.1) is 0 Å². The fraction of sp³-hybridized carbons (Fsp3) is 0.778. The second kappa shape index (κ2) is 2.88. The minimum Gasteiger partial charge on any atom is -0.393 e. The van der Waals surface area contributed by atoms with Gasteiger partial charge < -0.3 is 4.74 Å². The Morgan fingerprint density at radius 3 is 2.42 bits per heavy atom. The summed E-state index contributed by atoms with van der Waals surface area (Å²) in [6.45, 7) is 5.98. The van der Waals surface area contributed by atoms with Crippen molar-refractivity contribution in [2.75, 3.05) is 0 Å². The lowest BCUT2D eigenvalue weighted by molar-refractivity contribution is -0.154. The molecule has 1 rings (SSSR count). The van der Waals surface area contributed by atoms with Crippen LogP contribution in [0.15, 0.2) is 0 Å². The fourth-order valence-corrected chi connectivity index (χ4v) is 1.32. The second-order valence-electron chi connectivity index (χ2n) is 3.89. The van der Waals surface area contributed by atoms with Crippen LogP contribution >= 0.6 is 0 Å². The second-order valence-corrected chi connectivity index (χ2v) is 3.89. The molecule has 68 valence electrons. The van der Waals surface area contributed by atoms with Crippen LogP contribution in [0, 0.1) is 11.3 Å². The molecule has 1 saturated heterocycles. The first-order chi connectivity index (χ1) is 5.47. The van der Waals surface area contributed by atoms with Crippen molar-refractivity contribution in [1.82, 2.24) is 0 Å². The van der Waals surface area contributed by atoms with Gasteiger partial charge in [0.25, 0.3) is 0 Å². The highest BCUT2D eigenvalue weighted by Crippen LogP contribution is 2.36. The standard InChI is InChI=1S/C9H14O3/c1-4-9(2,3)6-5-7(10)12-8(6)11/h6H,4-5H2,1-3H3. The van der Waals surface area contributed by atoms with E-state index in [0.29, 0.717) is 0 Å². The van der Waals surface area contributed by atoms with Gasteiger partial charge in [0, 0.05) is 0 Å². The summed E-state index contributed by atoms with van der Waals surface area (Å²) in [4.78, 5) is 21.9. The monoisotopic (exact) mass is 170 g/mol. The van der Waals surface area contributed by atoms with Gasteiger partial charge in [0.2, 0.25) is 0 Å². The van der Waals surface area contributed by atoms with Crippen LogP contribution in [0.3, 0.4) is 0 Å². The first-order valence-electron chi connectivity index (χ1n) is 4.22. The summed E-state index contributed by atoms with van der Waals surface area (Å²) in [5.41, 5.74) is -0.122. The fourth-order valence-electron chi connectivity index (χ4n) is 1.32. The largest absolute Gasteiger partial charge is 0.393 e. The van der Waals surface area contributed by atoms with E-state index in [-0.39, 0.29) is 29.7 Å². The molecule has 1 heterocycles. The normalized spacial score (nSPS) is 24.4. The third kappa shape index (κ3) is 1.49. The number of ether oxygens (including phenoxy) is 1. The molecule has 0 amide bonds. The van der Waals surface area contributed by atoms with Crippen LogP contribution in [-0.2, 0) is 14.3 Å². The summed E-state index contributed by atoms with van der Waals surface area (Å²) < 4.78 is 4.48. The molecule has 1 aliphatic heterocycles. The number of carbonyl (C=O) groups is 2. The van der Waals surface area contributed by atoms with Crippen LogP contribution in [0.4, 0.5) is 0 Å². The predicted molar refractivity (Wildman–Crippen MR) is 43.3 cm³/mol. The molecule has 0 saturated carbocycles. The Morgan fingerprint density at radius 2 is 2.08 bits per heavy atom. The van der Waals surface area contributed by atoms with Gasteiger partial charge in [0.15, 0.2) is 0 Å². The number of carbonyl (C=O) groups excluding carboxylic acids is 2. The quantitative estimate of drug-likeness (QED) is 0.466. The zero-order valence-electron chi connectivity index (χ0n) is 7.72. The van der Waals surface area contributed by atoms with Gasteiger partial charge in [0.05, 0.1) is 12.3 Å². The Balaban J connectivity index is 2.76. The first kappa shape index (κ1) is 9.23. The maximum atomic E-state index is 11.1. The van der Waals surface area contributed by atoms with Crippen molar-refractivity contribution in [3.63, 3.8) is 0 Å². The SMILES string of the molecule is CCC(C)(C)C1CC(=O)OC1=O. The molecular weight excluding hydrogens is 156 g/mol. The Morgan fingerprint density at radius 1 is 1.50 bits per heavy atom. The highest BCUT2D eigenvalue weighted by Gasteiger charge is 2.42.